The van der Waals surface area contributed by atoms with Crippen LogP contribution in [0.4, 0.5) is 16.2 Å². The average Bonchev–Trinajstić information content (AvgIpc) is 2.66. The van der Waals surface area contributed by atoms with Crippen LogP contribution in [-0.2, 0) is 4.79 Å². The molecule has 0 unspecified atom stereocenters. The van der Waals surface area contributed by atoms with Gasteiger partial charge in [-0.3, -0.25) is 15.0 Å². The summed E-state index contributed by atoms with van der Waals surface area (Å²) in [6, 6.07) is 12.4. The van der Waals surface area contributed by atoms with Crippen LogP contribution >= 0.6 is 0 Å². The number of para-hydroxylation sites is 2. The number of benzene rings is 2. The Morgan fingerprint density at radius 1 is 1.00 bits per heavy atom. The molecule has 2 aromatic rings. The number of nitrogens with zero attached hydrogens (tertiary/aromatic N) is 2. The van der Waals surface area contributed by atoms with Crippen LogP contribution in [-0.4, -0.2) is 54.7 Å². The molecule has 0 aliphatic carbocycles. The van der Waals surface area contributed by atoms with E-state index in [9.17, 15) is 14.7 Å². The Bertz CT molecular complexity index is 860. The molecule has 0 aromatic heterocycles. The van der Waals surface area contributed by atoms with Crippen LogP contribution in [0, 0.1) is 13.8 Å². The third kappa shape index (κ3) is 4.80. The van der Waals surface area contributed by atoms with Gasteiger partial charge in [0.1, 0.15) is 5.75 Å². The van der Waals surface area contributed by atoms with Gasteiger partial charge in [-0.1, -0.05) is 24.3 Å². The minimum Gasteiger partial charge on any atom is -0.506 e. The van der Waals surface area contributed by atoms with E-state index in [4.69, 9.17) is 0 Å². The molecule has 7 nitrogen and oxygen atoms in total. The normalized spacial score (nSPS) is 14.6. The zero-order chi connectivity index (χ0) is 20.1. The molecule has 3 N–H and O–H groups in total. The zero-order valence-corrected chi connectivity index (χ0v) is 16.2. The second-order valence-electron chi connectivity index (χ2n) is 7.00. The molecule has 0 atom stereocenters. The lowest BCUT2D eigenvalue weighted by Crippen LogP contribution is -2.50. The van der Waals surface area contributed by atoms with Crippen molar-refractivity contribution in [2.45, 2.75) is 13.8 Å². The van der Waals surface area contributed by atoms with E-state index in [0.29, 0.717) is 31.9 Å². The van der Waals surface area contributed by atoms with E-state index < -0.39 is 6.03 Å². The number of imide groups is 1. The number of carbonyl (C=O) groups is 2. The van der Waals surface area contributed by atoms with E-state index in [0.717, 1.165) is 16.8 Å². The summed E-state index contributed by atoms with van der Waals surface area (Å²) in [5, 5.41) is 15.1. The van der Waals surface area contributed by atoms with Crippen LogP contribution in [0.25, 0.3) is 0 Å². The van der Waals surface area contributed by atoms with Gasteiger partial charge in [0, 0.05) is 31.9 Å². The SMILES string of the molecule is Cc1cccc(NC(=O)NC(=O)CN2CCN(c3ccccc3O)CC2)c1C. The maximum Gasteiger partial charge on any atom is 0.325 e. The molecule has 3 amide bonds. The molecule has 148 valence electrons. The van der Waals surface area contributed by atoms with Gasteiger partial charge in [0.05, 0.1) is 12.2 Å². The first-order valence-corrected chi connectivity index (χ1v) is 9.36. The van der Waals surface area contributed by atoms with Crippen LogP contribution < -0.4 is 15.5 Å². The van der Waals surface area contributed by atoms with Crippen LogP contribution in [0.5, 0.6) is 5.75 Å². The quantitative estimate of drug-likeness (QED) is 0.757. The van der Waals surface area contributed by atoms with E-state index in [2.05, 4.69) is 15.5 Å². The van der Waals surface area contributed by atoms with Crippen molar-refractivity contribution in [3.05, 3.63) is 53.6 Å². The summed E-state index contributed by atoms with van der Waals surface area (Å²) in [6.07, 6.45) is 0. The number of hydrogen-bond acceptors (Lipinski definition) is 5. The summed E-state index contributed by atoms with van der Waals surface area (Å²) in [5.74, 6) is -0.0735. The highest BCUT2D eigenvalue weighted by Crippen LogP contribution is 2.27. The summed E-state index contributed by atoms with van der Waals surface area (Å²) in [6.45, 7) is 6.84. The van der Waals surface area contributed by atoms with Crippen LogP contribution in [0.2, 0.25) is 0 Å². The molecule has 1 fully saturated rings. The number of phenolic OH excluding ortho intramolecular Hbond substituents is 1. The number of carbonyl (C=O) groups excluding carboxylic acids is 2. The fourth-order valence-electron chi connectivity index (χ4n) is 3.29. The Morgan fingerprint density at radius 3 is 2.43 bits per heavy atom. The molecular formula is C21H26N4O3. The molecule has 7 heteroatoms. The van der Waals surface area contributed by atoms with Gasteiger partial charge in [-0.15, -0.1) is 0 Å². The Kier molecular flexibility index (Phi) is 6.16. The molecule has 0 saturated carbocycles. The van der Waals surface area contributed by atoms with Crippen molar-refractivity contribution in [3.63, 3.8) is 0 Å². The van der Waals surface area contributed by atoms with Crippen molar-refractivity contribution in [3.8, 4) is 5.75 Å². The van der Waals surface area contributed by atoms with E-state index in [1.165, 1.54) is 0 Å². The molecule has 1 heterocycles. The van der Waals surface area contributed by atoms with Gasteiger partial charge in [-0.25, -0.2) is 4.79 Å². The van der Waals surface area contributed by atoms with Gasteiger partial charge < -0.3 is 15.3 Å². The lowest BCUT2D eigenvalue weighted by Gasteiger charge is -2.35. The first-order valence-electron chi connectivity index (χ1n) is 9.36. The molecule has 0 bridgehead atoms. The average molecular weight is 382 g/mol. The fourth-order valence-corrected chi connectivity index (χ4v) is 3.29. The fraction of sp³-hybridized carbons (Fsp3) is 0.333. The van der Waals surface area contributed by atoms with Gasteiger partial charge in [0.15, 0.2) is 0 Å². The summed E-state index contributed by atoms with van der Waals surface area (Å²) >= 11 is 0. The lowest BCUT2D eigenvalue weighted by atomic mass is 10.1. The summed E-state index contributed by atoms with van der Waals surface area (Å²) in [4.78, 5) is 28.4. The van der Waals surface area contributed by atoms with Crippen molar-refractivity contribution in [1.29, 1.82) is 0 Å². The molecule has 1 saturated heterocycles. The molecule has 28 heavy (non-hydrogen) atoms. The summed E-state index contributed by atoms with van der Waals surface area (Å²) < 4.78 is 0. The highest BCUT2D eigenvalue weighted by atomic mass is 16.3. The first-order chi connectivity index (χ1) is 13.4. The maximum atomic E-state index is 12.2. The third-order valence-electron chi connectivity index (χ3n) is 5.07. The number of anilines is 2. The number of piperazine rings is 1. The maximum absolute atomic E-state index is 12.2. The second kappa shape index (κ2) is 8.75. The van der Waals surface area contributed by atoms with Crippen molar-refractivity contribution < 1.29 is 14.7 Å². The van der Waals surface area contributed by atoms with Crippen LogP contribution in [0.1, 0.15) is 11.1 Å². The topological polar surface area (TPSA) is 84.9 Å². The Labute approximate surface area is 165 Å². The Morgan fingerprint density at radius 2 is 1.71 bits per heavy atom. The van der Waals surface area contributed by atoms with Crippen molar-refractivity contribution in [2.24, 2.45) is 0 Å². The number of rotatable bonds is 4. The second-order valence-corrected chi connectivity index (χ2v) is 7.00. The van der Waals surface area contributed by atoms with Gasteiger partial charge in [0.2, 0.25) is 5.91 Å². The molecule has 1 aliphatic rings. The van der Waals surface area contributed by atoms with E-state index in [1.807, 2.05) is 49.1 Å². The largest absolute Gasteiger partial charge is 0.506 e. The lowest BCUT2D eigenvalue weighted by molar-refractivity contribution is -0.121. The predicted molar refractivity (Wildman–Crippen MR) is 110 cm³/mol. The van der Waals surface area contributed by atoms with Gasteiger partial charge in [-0.05, 0) is 43.2 Å². The summed E-state index contributed by atoms with van der Waals surface area (Å²) in [5.41, 5.74) is 3.55. The van der Waals surface area contributed by atoms with Crippen LogP contribution in [0.3, 0.4) is 0 Å². The number of aromatic hydroxyl groups is 1. The molecule has 0 spiro atoms. The molecule has 3 rings (SSSR count). The number of nitrogens with one attached hydrogen (secondary N) is 2. The monoisotopic (exact) mass is 382 g/mol. The predicted octanol–water partition coefficient (Wildman–Crippen LogP) is 2.48. The molecule has 1 aliphatic heterocycles. The number of urea groups is 1. The minimum atomic E-state index is -0.522. The zero-order valence-electron chi connectivity index (χ0n) is 16.2. The highest BCUT2D eigenvalue weighted by molar-refractivity contribution is 6.02. The highest BCUT2D eigenvalue weighted by Gasteiger charge is 2.21. The van der Waals surface area contributed by atoms with Crippen molar-refractivity contribution in [2.75, 3.05) is 42.9 Å². The van der Waals surface area contributed by atoms with E-state index in [-0.39, 0.29) is 18.2 Å². The number of phenols is 1. The van der Waals surface area contributed by atoms with Crippen molar-refractivity contribution >= 4 is 23.3 Å². The number of amides is 3. The van der Waals surface area contributed by atoms with Gasteiger partial charge in [-0.2, -0.15) is 0 Å². The Balaban J connectivity index is 1.46. The van der Waals surface area contributed by atoms with E-state index >= 15 is 0 Å². The third-order valence-corrected chi connectivity index (χ3v) is 5.07. The van der Waals surface area contributed by atoms with Gasteiger partial charge >= 0.3 is 6.03 Å². The smallest absolute Gasteiger partial charge is 0.325 e. The van der Waals surface area contributed by atoms with Crippen molar-refractivity contribution in [1.82, 2.24) is 10.2 Å². The van der Waals surface area contributed by atoms with Gasteiger partial charge in [0.25, 0.3) is 0 Å². The molecule has 0 radical (unpaired) electrons. The first kappa shape index (κ1) is 19.7. The standard InChI is InChI=1S/C21H26N4O3/c1-15-6-5-7-17(16(15)2)22-21(28)23-20(27)14-24-10-12-25(13-11-24)18-8-3-4-9-19(18)26/h3-9,26H,10-14H2,1-2H3,(H2,22,23,27,28). The minimum absolute atomic E-state index is 0.162. The molecule has 2 aromatic carbocycles. The number of hydrogen-bond donors (Lipinski definition) is 3. The number of aryl methyl sites for hydroxylation is 1. The summed E-state index contributed by atoms with van der Waals surface area (Å²) in [7, 11) is 0. The van der Waals surface area contributed by atoms with E-state index in [1.54, 1.807) is 12.1 Å². The molecular weight excluding hydrogens is 356 g/mol. The van der Waals surface area contributed by atoms with Crippen LogP contribution in [0.15, 0.2) is 42.5 Å². The Hall–Kier alpha value is -3.06.